The van der Waals surface area contributed by atoms with E-state index in [1.807, 2.05) is 6.92 Å². The van der Waals surface area contributed by atoms with Crippen LogP contribution in [0.5, 0.6) is 0 Å². The van der Waals surface area contributed by atoms with Crippen molar-refractivity contribution in [2.75, 3.05) is 11.9 Å². The molecule has 1 amide bonds. The van der Waals surface area contributed by atoms with Crippen LogP contribution in [0.2, 0.25) is 0 Å². The first-order valence-corrected chi connectivity index (χ1v) is 8.48. The van der Waals surface area contributed by atoms with Gasteiger partial charge in [0.05, 0.1) is 5.69 Å². The first kappa shape index (κ1) is 15.2. The quantitative estimate of drug-likeness (QED) is 0.933. The van der Waals surface area contributed by atoms with Crippen LogP contribution in [0.1, 0.15) is 30.2 Å². The monoisotopic (exact) mass is 316 g/mol. The maximum absolute atomic E-state index is 12.1. The number of carbonyl (C=O) groups excluding carboxylic acids is 1. The Hall–Kier alpha value is -1.72. The Balaban J connectivity index is 1.76. The smallest absolute Gasteiger partial charge is 0.255 e. The molecule has 1 aliphatic heterocycles. The number of hydrogen-bond acceptors (Lipinski definition) is 4. The van der Waals surface area contributed by atoms with Crippen LogP contribution in [0.3, 0.4) is 0 Å². The van der Waals surface area contributed by atoms with E-state index >= 15 is 0 Å². The van der Waals surface area contributed by atoms with Gasteiger partial charge in [0.15, 0.2) is 5.13 Å². The molecule has 1 N–H and O–H groups in total. The van der Waals surface area contributed by atoms with Crippen LogP contribution in [-0.4, -0.2) is 23.6 Å². The Kier molecular flexibility index (Phi) is 4.55. The van der Waals surface area contributed by atoms with E-state index in [0.29, 0.717) is 11.7 Å². The lowest BCUT2D eigenvalue weighted by Gasteiger charge is -2.07. The summed E-state index contributed by atoms with van der Waals surface area (Å²) in [6, 6.07) is 8.43. The Morgan fingerprint density at radius 2 is 2.18 bits per heavy atom. The number of nitrogens with one attached hydrogen (secondary N) is 1. The fraction of sp³-hybridized carbons (Fsp3) is 0.412. The summed E-state index contributed by atoms with van der Waals surface area (Å²) in [4.78, 5) is 17.8. The second kappa shape index (κ2) is 6.58. The van der Waals surface area contributed by atoms with E-state index in [9.17, 15) is 4.79 Å². The molecular weight excluding hydrogens is 296 g/mol. The summed E-state index contributed by atoms with van der Waals surface area (Å²) < 4.78 is 5.40. The molecule has 116 valence electrons. The van der Waals surface area contributed by atoms with Gasteiger partial charge in [-0.15, -0.1) is 11.3 Å². The number of nitrogens with zero attached hydrogens (tertiary/aromatic N) is 1. The lowest BCUT2D eigenvalue weighted by Crippen LogP contribution is -2.26. The van der Waals surface area contributed by atoms with Crippen LogP contribution in [0.15, 0.2) is 24.3 Å². The summed E-state index contributed by atoms with van der Waals surface area (Å²) >= 11 is 1.51. The van der Waals surface area contributed by atoms with Gasteiger partial charge in [-0.2, -0.15) is 0 Å². The number of ether oxygens (including phenoxy) is 1. The zero-order chi connectivity index (χ0) is 15.5. The summed E-state index contributed by atoms with van der Waals surface area (Å²) in [6.07, 6.45) is 2.45. The summed E-state index contributed by atoms with van der Waals surface area (Å²) in [5.74, 6) is -0.0841. The first-order chi connectivity index (χ1) is 10.7. The Morgan fingerprint density at radius 3 is 2.82 bits per heavy atom. The molecule has 0 saturated carbocycles. The first-order valence-electron chi connectivity index (χ1n) is 7.66. The number of benzene rings is 1. The fourth-order valence-electron chi connectivity index (χ4n) is 2.59. The van der Waals surface area contributed by atoms with Crippen LogP contribution in [0.25, 0.3) is 11.3 Å². The molecule has 0 spiro atoms. The molecule has 1 aromatic heterocycles. The molecule has 1 saturated heterocycles. The number of anilines is 1. The van der Waals surface area contributed by atoms with Gasteiger partial charge < -0.3 is 4.74 Å². The average Bonchev–Trinajstić information content (AvgIpc) is 3.17. The molecule has 2 heterocycles. The average molecular weight is 316 g/mol. The molecule has 3 rings (SSSR count). The van der Waals surface area contributed by atoms with Crippen LogP contribution < -0.4 is 5.32 Å². The molecule has 0 radical (unpaired) electrons. The van der Waals surface area contributed by atoms with Crippen molar-refractivity contribution in [2.45, 2.75) is 39.2 Å². The maximum atomic E-state index is 12.1. The van der Waals surface area contributed by atoms with E-state index < -0.39 is 0 Å². The standard InChI is InChI=1S/C17H20N2O2S/c1-3-12-6-8-13(9-7-12)15-11(2)22-17(18-15)19-16(20)14-5-4-10-21-14/h6-9,14H,3-5,10H2,1-2H3,(H,18,19,20)/t14-/m0/s1. The number of aromatic nitrogens is 1. The predicted molar refractivity (Wildman–Crippen MR) is 89.3 cm³/mol. The summed E-state index contributed by atoms with van der Waals surface area (Å²) in [5, 5.41) is 3.53. The Morgan fingerprint density at radius 1 is 1.41 bits per heavy atom. The van der Waals surface area contributed by atoms with E-state index in [0.717, 1.165) is 35.4 Å². The third-order valence-electron chi connectivity index (χ3n) is 3.88. The number of amides is 1. The van der Waals surface area contributed by atoms with Crippen molar-refractivity contribution in [3.63, 3.8) is 0 Å². The molecule has 1 aromatic carbocycles. The zero-order valence-corrected chi connectivity index (χ0v) is 13.7. The fourth-order valence-corrected chi connectivity index (χ4v) is 3.43. The van der Waals surface area contributed by atoms with Gasteiger partial charge in [0, 0.05) is 17.0 Å². The zero-order valence-electron chi connectivity index (χ0n) is 12.9. The Bertz CT molecular complexity index is 658. The van der Waals surface area contributed by atoms with Crippen molar-refractivity contribution >= 4 is 22.4 Å². The molecule has 2 aromatic rings. The number of rotatable bonds is 4. The summed E-state index contributed by atoms with van der Waals surface area (Å²) in [7, 11) is 0. The highest BCUT2D eigenvalue weighted by molar-refractivity contribution is 7.16. The highest BCUT2D eigenvalue weighted by Gasteiger charge is 2.24. The van der Waals surface area contributed by atoms with E-state index in [-0.39, 0.29) is 12.0 Å². The SMILES string of the molecule is CCc1ccc(-c2nc(NC(=O)[C@@H]3CCCO3)sc2C)cc1. The van der Waals surface area contributed by atoms with Crippen molar-refractivity contribution in [1.82, 2.24) is 4.98 Å². The number of carbonyl (C=O) groups is 1. The predicted octanol–water partition coefficient (Wildman–Crippen LogP) is 3.80. The molecule has 1 atom stereocenters. The normalized spacial score (nSPS) is 17.6. The van der Waals surface area contributed by atoms with Crippen LogP contribution >= 0.6 is 11.3 Å². The molecule has 0 aliphatic carbocycles. The molecule has 1 aliphatic rings. The van der Waals surface area contributed by atoms with Crippen LogP contribution in [-0.2, 0) is 16.0 Å². The largest absolute Gasteiger partial charge is 0.368 e. The highest BCUT2D eigenvalue weighted by Crippen LogP contribution is 2.31. The topological polar surface area (TPSA) is 51.2 Å². The number of hydrogen-bond donors (Lipinski definition) is 1. The van der Waals surface area contributed by atoms with Crippen molar-refractivity contribution in [3.05, 3.63) is 34.7 Å². The number of aryl methyl sites for hydroxylation is 2. The van der Waals surface area contributed by atoms with Crippen molar-refractivity contribution < 1.29 is 9.53 Å². The molecule has 22 heavy (non-hydrogen) atoms. The van der Waals surface area contributed by atoms with Gasteiger partial charge in [0.25, 0.3) is 5.91 Å². The number of thiazole rings is 1. The summed E-state index contributed by atoms with van der Waals surface area (Å²) in [5.41, 5.74) is 3.34. The molecule has 1 fully saturated rings. The third kappa shape index (κ3) is 3.20. The second-order valence-corrected chi connectivity index (χ2v) is 6.67. The van der Waals surface area contributed by atoms with Gasteiger partial charge in [-0.05, 0) is 31.7 Å². The van der Waals surface area contributed by atoms with Crippen LogP contribution in [0.4, 0.5) is 5.13 Å². The minimum absolute atomic E-state index is 0.0841. The van der Waals surface area contributed by atoms with E-state index in [4.69, 9.17) is 4.74 Å². The minimum atomic E-state index is -0.323. The molecule has 4 nitrogen and oxygen atoms in total. The Labute approximate surface area is 134 Å². The highest BCUT2D eigenvalue weighted by atomic mass is 32.1. The summed E-state index contributed by atoms with van der Waals surface area (Å²) in [6.45, 7) is 4.84. The van der Waals surface area contributed by atoms with Crippen molar-refractivity contribution in [2.24, 2.45) is 0 Å². The van der Waals surface area contributed by atoms with Gasteiger partial charge in [0.2, 0.25) is 0 Å². The van der Waals surface area contributed by atoms with Gasteiger partial charge in [-0.1, -0.05) is 31.2 Å². The van der Waals surface area contributed by atoms with E-state index in [1.54, 1.807) is 0 Å². The second-order valence-electron chi connectivity index (χ2n) is 5.47. The van der Waals surface area contributed by atoms with Gasteiger partial charge in [-0.25, -0.2) is 4.98 Å². The molecular formula is C17H20N2O2S. The van der Waals surface area contributed by atoms with E-state index in [2.05, 4.69) is 41.5 Å². The van der Waals surface area contributed by atoms with Crippen molar-refractivity contribution in [1.29, 1.82) is 0 Å². The lowest BCUT2D eigenvalue weighted by atomic mass is 10.1. The van der Waals surface area contributed by atoms with Gasteiger partial charge in [0.1, 0.15) is 6.10 Å². The van der Waals surface area contributed by atoms with E-state index in [1.165, 1.54) is 16.9 Å². The minimum Gasteiger partial charge on any atom is -0.368 e. The lowest BCUT2D eigenvalue weighted by molar-refractivity contribution is -0.124. The van der Waals surface area contributed by atoms with Crippen molar-refractivity contribution in [3.8, 4) is 11.3 Å². The molecule has 0 unspecified atom stereocenters. The molecule has 5 heteroatoms. The van der Waals surface area contributed by atoms with Gasteiger partial charge >= 0.3 is 0 Å². The third-order valence-corrected chi connectivity index (χ3v) is 4.77. The molecule has 0 bridgehead atoms. The maximum Gasteiger partial charge on any atom is 0.255 e. The van der Waals surface area contributed by atoms with Crippen LogP contribution in [0, 0.1) is 6.92 Å². The van der Waals surface area contributed by atoms with Gasteiger partial charge in [-0.3, -0.25) is 10.1 Å².